The molecule has 0 aliphatic carbocycles. The molecule has 7 heterocycles. The maximum absolute atomic E-state index is 12.4. The molecule has 712 valence electrons. The minimum atomic E-state index is -0.363. The number of carbonyl (C=O) groups is 7. The average Bonchev–Trinajstić information content (AvgIpc) is 1.68. The number of H-pyrrole nitrogens is 2. The van der Waals surface area contributed by atoms with Gasteiger partial charge in [-0.15, -0.1) is 0 Å². The Morgan fingerprint density at radius 2 is 0.550 bits per heavy atom. The van der Waals surface area contributed by atoms with Crippen molar-refractivity contribution in [2.75, 3.05) is 45.9 Å². The molecule has 10 atom stereocenters. The molecule has 0 spiro atoms. The highest BCUT2D eigenvalue weighted by Gasteiger charge is 2.32. The fourth-order valence-corrected chi connectivity index (χ4v) is 17.2. The van der Waals surface area contributed by atoms with Crippen molar-refractivity contribution in [1.82, 2.24) is 43.3 Å². The Morgan fingerprint density at radius 1 is 0.313 bits per heavy atom. The van der Waals surface area contributed by atoms with E-state index >= 15 is 0 Å². The molecule has 131 heavy (non-hydrogen) atoms. The molecule has 0 amide bonds. The largest absolute Gasteiger partial charge is 0.456 e. The van der Waals surface area contributed by atoms with Crippen molar-refractivity contribution < 1.29 is 43.0 Å². The number of benzene rings is 8. The maximum atomic E-state index is 12.4. The number of Topliss-reactive ketones (excluding diaryl/α,β-unsaturated/α-hetero) is 5. The minimum Gasteiger partial charge on any atom is -0.456 e. The molecule has 2 N–H and O–H groups in total. The second kappa shape index (κ2) is 67.6. The summed E-state index contributed by atoms with van der Waals surface area (Å²) in [6.45, 7) is 41.8. The Labute approximate surface area is 799 Å². The van der Waals surface area contributed by atoms with E-state index in [0.717, 1.165) is 160 Å². The smallest absolute Gasteiger partial charge is 0.324 e. The van der Waals surface area contributed by atoms with E-state index in [1.807, 2.05) is 224 Å². The first-order valence-corrected chi connectivity index (χ1v) is 50.6. The molecule has 0 radical (unpaired) electrons. The molecule has 5 unspecified atom stereocenters. The lowest BCUT2D eigenvalue weighted by Crippen LogP contribution is -2.32. The van der Waals surface area contributed by atoms with Crippen molar-refractivity contribution in [3.63, 3.8) is 0 Å². The number of carbonyl (C=O) groups excluding carboxylic acids is 7. The second-order valence-electron chi connectivity index (χ2n) is 29.9. The standard InChI is InChI=1S/C27H32N6P2.C27H32N2O6P2.C19H20O2.C13H12.C6H12NOP.8C2H6/c34-32-13-1-3-24(32)26-28-16-22(30-26)20-9-5-18(6-10-20)15-19-7-11-21(12-8-19)23-17-29-27(31-23)25-4-2-14-33(25)35;30-24(16-34-26(32)22-3-1-13-28(22)36)20-9-5-18(6-10-20)15-19-7-11-21(12-8-19)25(31)17-35-27(33)23-4-2-14-29(23)37;1-3-18(20)16-9-5-14(6-10-16)13-15-7-11-17(12-8-15)19(21)4-2;1-3-7-12(8-4-1)11-13-9-5-2-6-10-13;1-5(8)6-3-2-4-7(6)9;8*1-2/h5-12,16-17,24-25H,1-4,13-15,34-35H2,(H,28,30)(H,29,31);5-12,22-23H,1-4,13-17,36-37H2;5-12H,3-4,13H2,1-2H3;1-10H,11H2;6H,2-4,9H2,1H3;8*1-2H3/t24-,25-;22-,23-;;;6-;;;;;;;;/m00..0......../s1. The lowest BCUT2D eigenvalue weighted by atomic mass is 10.00. The van der Waals surface area contributed by atoms with Crippen LogP contribution in [0.25, 0.3) is 22.5 Å². The normalized spacial score (nSPS) is 16.3. The molecule has 5 saturated heterocycles. The maximum Gasteiger partial charge on any atom is 0.324 e. The Balaban J connectivity index is 0.000000431. The van der Waals surface area contributed by atoms with E-state index in [4.69, 9.17) is 9.47 Å². The number of esters is 2. The van der Waals surface area contributed by atoms with E-state index in [9.17, 15) is 33.6 Å². The van der Waals surface area contributed by atoms with Gasteiger partial charge in [-0.3, -0.25) is 56.9 Å². The molecule has 8 aromatic carbocycles. The lowest BCUT2D eigenvalue weighted by molar-refractivity contribution is -0.146. The third-order valence-corrected chi connectivity index (χ3v) is 24.7. The number of rotatable bonds is 25. The summed E-state index contributed by atoms with van der Waals surface area (Å²) in [7, 11) is 13.3. The van der Waals surface area contributed by atoms with Crippen molar-refractivity contribution in [1.29, 1.82) is 0 Å². The zero-order valence-corrected chi connectivity index (χ0v) is 87.9. The molecular weight excluding hydrogens is 1720 g/mol. The van der Waals surface area contributed by atoms with Crippen LogP contribution in [0.1, 0.15) is 318 Å². The zero-order valence-electron chi connectivity index (χ0n) is 82.1. The van der Waals surface area contributed by atoms with Crippen LogP contribution >= 0.6 is 47.0 Å². The van der Waals surface area contributed by atoms with Crippen molar-refractivity contribution >= 4 is 87.8 Å². The molecule has 15 rings (SSSR count). The van der Waals surface area contributed by atoms with Gasteiger partial charge >= 0.3 is 11.9 Å². The van der Waals surface area contributed by atoms with E-state index < -0.39 is 0 Å². The summed E-state index contributed by atoms with van der Waals surface area (Å²) < 4.78 is 20.8. The first-order valence-electron chi connectivity index (χ1n) is 48.0. The fourth-order valence-electron chi connectivity index (χ4n) is 14.8. The highest BCUT2D eigenvalue weighted by atomic mass is 31.0. The topological polar surface area (TPSA) is 212 Å². The van der Waals surface area contributed by atoms with Gasteiger partial charge in [0.1, 0.15) is 29.5 Å². The molecule has 2 aromatic heterocycles. The van der Waals surface area contributed by atoms with Crippen LogP contribution in [0.5, 0.6) is 0 Å². The number of nitrogens with zero attached hydrogens (tertiary/aromatic N) is 7. The van der Waals surface area contributed by atoms with Gasteiger partial charge in [0, 0.05) is 67.8 Å². The second-order valence-corrected chi connectivity index (χ2v) is 33.2. The van der Waals surface area contributed by atoms with Gasteiger partial charge in [0.15, 0.2) is 36.3 Å². The SMILES string of the molecule is CC.CC.CC.CC.CC.CC.CC.CC.CC(=O)[C@@H]1CCCN1P.CCC(=O)c1ccc(Cc2ccc(C(=O)CC)cc2)cc1.O=C(COC(=O)[C@@H]1CCCN1P)c1ccc(Cc2ccc(C(=O)COC(=O)[C@@H]3CCCN3P)cc2)cc1.PN1CCC[C@H]1c1ncc(-c2ccc(Cc3ccc(-c4cnc([C@@H]5CCCN5P)[nH]4)cc3)cc2)[nH]1.c1ccc(Cc2ccccc2)cc1. The summed E-state index contributed by atoms with van der Waals surface area (Å²) in [5.74, 6) is 1.56. The number of ketones is 5. The lowest BCUT2D eigenvalue weighted by Gasteiger charge is -2.17. The molecule has 0 saturated carbocycles. The third kappa shape index (κ3) is 39.5. The van der Waals surface area contributed by atoms with Gasteiger partial charge in [0.25, 0.3) is 0 Å². The minimum absolute atomic E-state index is 0.170. The van der Waals surface area contributed by atoms with Crippen LogP contribution in [-0.4, -0.2) is 148 Å². The van der Waals surface area contributed by atoms with Gasteiger partial charge in [0.2, 0.25) is 0 Å². The predicted octanol–water partition coefficient (Wildman–Crippen LogP) is 25.9. The van der Waals surface area contributed by atoms with Crippen LogP contribution in [0, 0.1) is 0 Å². The van der Waals surface area contributed by atoms with E-state index in [1.165, 1.54) is 46.2 Å². The van der Waals surface area contributed by atoms with Crippen molar-refractivity contribution in [3.05, 3.63) is 297 Å². The number of hydrogen-bond acceptors (Lipinski definition) is 16. The van der Waals surface area contributed by atoms with Gasteiger partial charge in [0.05, 0.1) is 41.9 Å². The first-order chi connectivity index (χ1) is 63.7. The summed E-state index contributed by atoms with van der Waals surface area (Å²) in [6.07, 6.45) is 18.7. The fraction of sp³-hybridized carbons (Fsp3) is 0.435. The summed E-state index contributed by atoms with van der Waals surface area (Å²) in [5.41, 5.74) is 16.7. The quantitative estimate of drug-likeness (QED) is 0.0309. The van der Waals surface area contributed by atoms with Gasteiger partial charge in [-0.05, 0) is 152 Å². The van der Waals surface area contributed by atoms with Crippen LogP contribution in [0.3, 0.4) is 0 Å². The Kier molecular flexibility index (Phi) is 60.1. The van der Waals surface area contributed by atoms with Crippen molar-refractivity contribution in [2.45, 2.75) is 264 Å². The highest BCUT2D eigenvalue weighted by molar-refractivity contribution is 7.14. The van der Waals surface area contributed by atoms with E-state index in [1.54, 1.807) is 31.2 Å². The van der Waals surface area contributed by atoms with Crippen LogP contribution in [-0.2, 0) is 49.5 Å². The highest BCUT2D eigenvalue weighted by Crippen LogP contribution is 2.36. The number of imidazole rings is 2. The van der Waals surface area contributed by atoms with Gasteiger partial charge in [-0.1, -0.05) is 378 Å². The van der Waals surface area contributed by atoms with E-state index in [-0.39, 0.29) is 66.4 Å². The summed E-state index contributed by atoms with van der Waals surface area (Å²) in [5, 5.41) is 0. The monoisotopic (exact) mass is 1880 g/mol. The number of aromatic amines is 2. The molecule has 5 fully saturated rings. The molecule has 0 bridgehead atoms. The average molecular weight is 1880 g/mol. The molecule has 23 heteroatoms. The number of hydrogen-bond donors (Lipinski definition) is 2. The van der Waals surface area contributed by atoms with Gasteiger partial charge < -0.3 is 19.4 Å². The number of aromatic nitrogens is 4. The summed E-state index contributed by atoms with van der Waals surface area (Å²) in [6, 6.07) is 69.0. The first kappa shape index (κ1) is 117. The van der Waals surface area contributed by atoms with Crippen molar-refractivity contribution in [2.24, 2.45) is 0 Å². The Bertz CT molecular complexity index is 4530. The van der Waals surface area contributed by atoms with Crippen LogP contribution in [0.4, 0.5) is 0 Å². The molecule has 5 aliphatic rings. The molecule has 5 aliphatic heterocycles. The van der Waals surface area contributed by atoms with E-state index in [2.05, 4.69) is 185 Å². The van der Waals surface area contributed by atoms with E-state index in [0.29, 0.717) is 48.3 Å². The summed E-state index contributed by atoms with van der Waals surface area (Å²) >= 11 is 0. The Morgan fingerprint density at radius 3 is 0.779 bits per heavy atom. The number of nitrogens with one attached hydrogen (secondary N) is 2. The number of ether oxygens (including phenoxy) is 2. The molecular formula is C108H156N9O9P5. The third-order valence-electron chi connectivity index (χ3n) is 21.6. The van der Waals surface area contributed by atoms with Crippen LogP contribution in [0.15, 0.2) is 219 Å². The predicted molar refractivity (Wildman–Crippen MR) is 564 cm³/mol. The van der Waals surface area contributed by atoms with Gasteiger partial charge in [-0.2, -0.15) is 0 Å². The van der Waals surface area contributed by atoms with Crippen molar-refractivity contribution in [3.8, 4) is 22.5 Å². The molecule has 18 nitrogen and oxygen atoms in total. The Hall–Kier alpha value is -8.58. The zero-order chi connectivity index (χ0) is 97.2. The van der Waals surface area contributed by atoms with Crippen LogP contribution < -0.4 is 0 Å². The van der Waals surface area contributed by atoms with Crippen LogP contribution in [0.2, 0.25) is 0 Å². The molecule has 10 aromatic rings. The van der Waals surface area contributed by atoms with Gasteiger partial charge in [-0.25, -0.2) is 9.97 Å². The summed E-state index contributed by atoms with van der Waals surface area (Å²) in [4.78, 5) is 99.6.